The number of halogens is 2. The zero-order valence-corrected chi connectivity index (χ0v) is 17.3. The summed E-state index contributed by atoms with van der Waals surface area (Å²) in [4.78, 5) is 21.7. The molecule has 0 amide bonds. The summed E-state index contributed by atoms with van der Waals surface area (Å²) < 4.78 is 6.16. The summed E-state index contributed by atoms with van der Waals surface area (Å²) in [5, 5.41) is 6.38. The molecule has 0 unspecified atom stereocenters. The summed E-state index contributed by atoms with van der Waals surface area (Å²) in [6.07, 6.45) is 1.73. The maximum atomic E-state index is 12.6. The maximum Gasteiger partial charge on any atom is 0.338 e. The zero-order chi connectivity index (χ0) is 17.8. The van der Waals surface area contributed by atoms with Gasteiger partial charge < -0.3 is 10.1 Å². The van der Waals surface area contributed by atoms with Gasteiger partial charge in [0, 0.05) is 27.1 Å². The van der Waals surface area contributed by atoms with Crippen molar-refractivity contribution in [1.82, 2.24) is 10.3 Å². The van der Waals surface area contributed by atoms with Gasteiger partial charge >= 0.3 is 5.97 Å². The third-order valence-electron chi connectivity index (χ3n) is 3.59. The molecular weight excluding hydrogens is 470 g/mol. The van der Waals surface area contributed by atoms with E-state index in [-0.39, 0.29) is 5.97 Å². The summed E-state index contributed by atoms with van der Waals surface area (Å²) in [5.74, 6) is 0.283. The Morgan fingerprint density at radius 3 is 2.84 bits per heavy atom. The molecule has 2 aromatic rings. The molecule has 0 saturated heterocycles. The van der Waals surface area contributed by atoms with Crippen molar-refractivity contribution in [3.8, 4) is 0 Å². The van der Waals surface area contributed by atoms with Crippen molar-refractivity contribution in [2.24, 2.45) is 4.99 Å². The van der Waals surface area contributed by atoms with Crippen LogP contribution in [0.15, 0.2) is 56.6 Å². The lowest BCUT2D eigenvalue weighted by Crippen LogP contribution is -2.34. The van der Waals surface area contributed by atoms with Crippen molar-refractivity contribution in [1.29, 1.82) is 0 Å². The van der Waals surface area contributed by atoms with Crippen molar-refractivity contribution < 1.29 is 9.53 Å². The number of nitrogens with one attached hydrogen (secondary N) is 1. The Morgan fingerprint density at radius 1 is 1.40 bits per heavy atom. The van der Waals surface area contributed by atoms with Crippen LogP contribution in [0.5, 0.6) is 0 Å². The first-order chi connectivity index (χ1) is 12.2. The SMILES string of the molecule is CCOC(=O)C1=C(CBr)NC(c2nccs2)=N[C@H]1c1ccccc1Br. The van der Waals surface area contributed by atoms with Crippen LogP contribution in [-0.2, 0) is 9.53 Å². The van der Waals surface area contributed by atoms with E-state index in [1.54, 1.807) is 13.1 Å². The second kappa shape index (κ2) is 8.25. The normalized spacial score (nSPS) is 17.1. The molecule has 0 radical (unpaired) electrons. The van der Waals surface area contributed by atoms with Crippen LogP contribution < -0.4 is 5.32 Å². The lowest BCUT2D eigenvalue weighted by Gasteiger charge is -2.26. The molecule has 0 aliphatic carbocycles. The van der Waals surface area contributed by atoms with Crippen LogP contribution in [0.2, 0.25) is 0 Å². The van der Waals surface area contributed by atoms with Crippen molar-refractivity contribution >= 4 is 55.0 Å². The Bertz CT molecular complexity index is 834. The molecular formula is C17H15Br2N3O2S. The Kier molecular flexibility index (Phi) is 6.03. The molecule has 2 heterocycles. The van der Waals surface area contributed by atoms with Gasteiger partial charge in [0.15, 0.2) is 10.8 Å². The number of ether oxygens (including phenoxy) is 1. The van der Waals surface area contributed by atoms with E-state index in [1.165, 1.54) is 11.3 Å². The number of esters is 1. The third kappa shape index (κ3) is 3.86. The van der Waals surface area contributed by atoms with E-state index in [4.69, 9.17) is 9.73 Å². The molecule has 0 fully saturated rings. The van der Waals surface area contributed by atoms with E-state index < -0.39 is 6.04 Å². The van der Waals surface area contributed by atoms with Crippen LogP contribution in [0, 0.1) is 0 Å². The van der Waals surface area contributed by atoms with Crippen LogP contribution in [0.25, 0.3) is 0 Å². The highest BCUT2D eigenvalue weighted by Crippen LogP contribution is 2.36. The molecule has 8 heteroatoms. The van der Waals surface area contributed by atoms with Crippen LogP contribution in [0.1, 0.15) is 23.5 Å². The van der Waals surface area contributed by atoms with Gasteiger partial charge in [-0.3, -0.25) is 4.99 Å². The fourth-order valence-electron chi connectivity index (χ4n) is 2.52. The first-order valence-electron chi connectivity index (χ1n) is 7.61. The standard InChI is InChI=1S/C17H15Br2N3O2S/c1-2-24-17(23)13-12(9-18)21-15(16-20-7-8-25-16)22-14(13)10-5-3-4-6-11(10)19/h3-8,14H,2,9H2,1H3,(H,21,22)/t14-/m0/s1. The molecule has 1 aliphatic heterocycles. The van der Waals surface area contributed by atoms with Gasteiger partial charge in [0.2, 0.25) is 0 Å². The molecule has 0 bridgehead atoms. The topological polar surface area (TPSA) is 63.6 Å². The van der Waals surface area contributed by atoms with Crippen molar-refractivity contribution in [2.45, 2.75) is 13.0 Å². The Morgan fingerprint density at radius 2 is 2.20 bits per heavy atom. The van der Waals surface area contributed by atoms with E-state index in [2.05, 4.69) is 42.2 Å². The van der Waals surface area contributed by atoms with Crippen LogP contribution >= 0.6 is 43.2 Å². The van der Waals surface area contributed by atoms with Crippen molar-refractivity contribution in [3.05, 3.63) is 62.2 Å². The van der Waals surface area contributed by atoms with Gasteiger partial charge in [-0.25, -0.2) is 9.78 Å². The average molecular weight is 485 g/mol. The highest BCUT2D eigenvalue weighted by Gasteiger charge is 2.33. The summed E-state index contributed by atoms with van der Waals surface area (Å²) in [6, 6.07) is 7.28. The van der Waals surface area contributed by atoms with Crippen LogP contribution in [-0.4, -0.2) is 28.7 Å². The monoisotopic (exact) mass is 483 g/mol. The van der Waals surface area contributed by atoms with Gasteiger partial charge in [-0.2, -0.15) is 0 Å². The largest absolute Gasteiger partial charge is 0.463 e. The van der Waals surface area contributed by atoms with Gasteiger partial charge in [0.25, 0.3) is 0 Å². The number of rotatable bonds is 5. The molecule has 130 valence electrons. The number of alkyl halides is 1. The average Bonchev–Trinajstić information content (AvgIpc) is 3.16. The Balaban J connectivity index is 2.14. The first kappa shape index (κ1) is 18.3. The predicted molar refractivity (Wildman–Crippen MR) is 106 cm³/mol. The predicted octanol–water partition coefficient (Wildman–Crippen LogP) is 4.21. The minimum Gasteiger partial charge on any atom is -0.463 e. The molecule has 25 heavy (non-hydrogen) atoms. The summed E-state index contributed by atoms with van der Waals surface area (Å²) >= 11 is 8.53. The molecule has 1 aliphatic rings. The molecule has 1 aromatic heterocycles. The van der Waals surface area contributed by atoms with Crippen molar-refractivity contribution in [3.63, 3.8) is 0 Å². The quantitative estimate of drug-likeness (QED) is 0.510. The molecule has 3 rings (SSSR count). The number of thiazole rings is 1. The van der Waals surface area contributed by atoms with Gasteiger partial charge in [-0.05, 0) is 18.6 Å². The van der Waals surface area contributed by atoms with Gasteiger partial charge in [-0.1, -0.05) is 50.1 Å². The molecule has 1 N–H and O–H groups in total. The fraction of sp³-hybridized carbons (Fsp3) is 0.235. The minimum atomic E-state index is -0.470. The molecule has 0 spiro atoms. The van der Waals surface area contributed by atoms with Gasteiger partial charge in [0.05, 0.1) is 12.2 Å². The molecule has 1 atom stereocenters. The zero-order valence-electron chi connectivity index (χ0n) is 13.3. The summed E-state index contributed by atoms with van der Waals surface area (Å²) in [5.41, 5.74) is 2.14. The van der Waals surface area contributed by atoms with Gasteiger partial charge in [-0.15, -0.1) is 11.3 Å². The van der Waals surface area contributed by atoms with Crippen LogP contribution in [0.4, 0.5) is 0 Å². The van der Waals surface area contributed by atoms with E-state index in [0.717, 1.165) is 20.7 Å². The molecule has 0 saturated carbocycles. The first-order valence-corrected chi connectivity index (χ1v) is 10.4. The fourth-order valence-corrected chi connectivity index (χ4v) is 4.05. The molecule has 5 nitrogen and oxygen atoms in total. The second-order valence-electron chi connectivity index (χ2n) is 5.11. The maximum absolute atomic E-state index is 12.6. The molecule has 1 aromatic carbocycles. The lowest BCUT2D eigenvalue weighted by atomic mass is 9.96. The Labute approximate surface area is 166 Å². The highest BCUT2D eigenvalue weighted by atomic mass is 79.9. The minimum absolute atomic E-state index is 0.309. The number of amidine groups is 1. The number of hydrogen-bond donors (Lipinski definition) is 1. The van der Waals surface area contributed by atoms with Crippen molar-refractivity contribution in [2.75, 3.05) is 11.9 Å². The third-order valence-corrected chi connectivity index (χ3v) is 5.65. The summed E-state index contributed by atoms with van der Waals surface area (Å²) in [6.45, 7) is 2.10. The number of benzene rings is 1. The van der Waals surface area contributed by atoms with E-state index >= 15 is 0 Å². The van der Waals surface area contributed by atoms with E-state index in [1.807, 2.05) is 29.6 Å². The highest BCUT2D eigenvalue weighted by molar-refractivity contribution is 9.10. The van der Waals surface area contributed by atoms with Gasteiger partial charge in [0.1, 0.15) is 6.04 Å². The number of allylic oxidation sites excluding steroid dienone is 1. The smallest absolute Gasteiger partial charge is 0.338 e. The number of carbonyl (C=O) groups excluding carboxylic acids is 1. The number of nitrogens with zero attached hydrogens (tertiary/aromatic N) is 2. The number of hydrogen-bond acceptors (Lipinski definition) is 6. The van der Waals surface area contributed by atoms with E-state index in [9.17, 15) is 4.79 Å². The Hall–Kier alpha value is -1.51. The van der Waals surface area contributed by atoms with Crippen LogP contribution in [0.3, 0.4) is 0 Å². The lowest BCUT2D eigenvalue weighted by molar-refractivity contribution is -0.138. The number of aliphatic imine (C=N–C) groups is 1. The summed E-state index contributed by atoms with van der Waals surface area (Å²) in [7, 11) is 0. The number of aromatic nitrogens is 1. The van der Waals surface area contributed by atoms with E-state index in [0.29, 0.717) is 23.3 Å². The second-order valence-corrected chi connectivity index (χ2v) is 7.42. The number of carbonyl (C=O) groups is 1.